The molecular weight excluding hydrogens is 274 g/mol. The Kier molecular flexibility index (Phi) is 4.55. The van der Waals surface area contributed by atoms with Crippen LogP contribution in [-0.2, 0) is 0 Å². The number of hydrogen-bond donors (Lipinski definition) is 2. The van der Waals surface area contributed by atoms with Crippen molar-refractivity contribution in [2.75, 3.05) is 32.4 Å². The van der Waals surface area contributed by atoms with Gasteiger partial charge < -0.3 is 16.0 Å². The summed E-state index contributed by atoms with van der Waals surface area (Å²) in [6.07, 6.45) is 2.20. The average molecular weight is 296 g/mol. The van der Waals surface area contributed by atoms with Crippen LogP contribution in [0.25, 0.3) is 0 Å². The number of amides is 1. The highest BCUT2D eigenvalue weighted by Gasteiger charge is 2.29. The Bertz CT molecular complexity index is 476. The minimum absolute atomic E-state index is 0.112. The van der Waals surface area contributed by atoms with Gasteiger partial charge in [0.1, 0.15) is 0 Å². The number of nitrogens with two attached hydrogens (primary N) is 1. The normalized spacial score (nSPS) is 18.8. The van der Waals surface area contributed by atoms with Gasteiger partial charge in [0.25, 0.3) is 5.91 Å². The number of piperidine rings is 1. The monoisotopic (exact) mass is 295 g/mol. The van der Waals surface area contributed by atoms with Crippen molar-refractivity contribution in [1.82, 2.24) is 10.2 Å². The van der Waals surface area contributed by atoms with Crippen LogP contribution < -0.4 is 11.1 Å². The van der Waals surface area contributed by atoms with E-state index in [1.165, 1.54) is 0 Å². The van der Waals surface area contributed by atoms with Crippen molar-refractivity contribution >= 4 is 23.2 Å². The molecule has 0 aromatic heterocycles. The third-order valence-electron chi connectivity index (χ3n) is 4.05. The molecule has 0 radical (unpaired) electrons. The molecule has 0 atom stereocenters. The number of carbonyl (C=O) groups is 1. The van der Waals surface area contributed by atoms with Crippen molar-refractivity contribution in [1.29, 1.82) is 0 Å². The zero-order valence-corrected chi connectivity index (χ0v) is 12.8. The van der Waals surface area contributed by atoms with Crippen LogP contribution in [0.3, 0.4) is 0 Å². The SMILES string of the molecule is CN1CCC(C)(CNC(=O)c2cc(N)cc(Cl)c2)CC1. The fourth-order valence-electron chi connectivity index (χ4n) is 2.47. The number of hydrogen-bond acceptors (Lipinski definition) is 3. The second-order valence-corrected chi connectivity index (χ2v) is 6.51. The molecule has 4 nitrogen and oxygen atoms in total. The third kappa shape index (κ3) is 3.87. The van der Waals surface area contributed by atoms with E-state index in [1.807, 2.05) is 0 Å². The Hall–Kier alpha value is -1.26. The van der Waals surface area contributed by atoms with Crippen molar-refractivity contribution < 1.29 is 4.79 Å². The molecule has 1 aliphatic rings. The van der Waals surface area contributed by atoms with Gasteiger partial charge in [-0.3, -0.25) is 4.79 Å². The van der Waals surface area contributed by atoms with Gasteiger partial charge in [-0.1, -0.05) is 18.5 Å². The van der Waals surface area contributed by atoms with Crippen LogP contribution in [-0.4, -0.2) is 37.5 Å². The quantitative estimate of drug-likeness (QED) is 0.842. The molecule has 0 spiro atoms. The largest absolute Gasteiger partial charge is 0.399 e. The molecule has 1 aliphatic heterocycles. The Morgan fingerprint density at radius 3 is 2.65 bits per heavy atom. The van der Waals surface area contributed by atoms with Gasteiger partial charge in [0, 0.05) is 22.8 Å². The van der Waals surface area contributed by atoms with Crippen LogP contribution in [0.15, 0.2) is 18.2 Å². The van der Waals surface area contributed by atoms with Crippen molar-refractivity contribution in [2.24, 2.45) is 5.41 Å². The summed E-state index contributed by atoms with van der Waals surface area (Å²) >= 11 is 5.92. The molecule has 20 heavy (non-hydrogen) atoms. The van der Waals surface area contributed by atoms with Gasteiger partial charge in [-0.25, -0.2) is 0 Å². The molecule has 1 aromatic rings. The average Bonchev–Trinajstić information content (AvgIpc) is 2.39. The summed E-state index contributed by atoms with van der Waals surface area (Å²) in [5, 5.41) is 3.49. The molecule has 1 saturated heterocycles. The first-order valence-electron chi connectivity index (χ1n) is 6.91. The van der Waals surface area contributed by atoms with Gasteiger partial charge in [0.2, 0.25) is 0 Å². The van der Waals surface area contributed by atoms with Crippen LogP contribution in [0.4, 0.5) is 5.69 Å². The van der Waals surface area contributed by atoms with Crippen LogP contribution >= 0.6 is 11.6 Å². The Balaban J connectivity index is 1.95. The summed E-state index contributed by atoms with van der Waals surface area (Å²) in [5.41, 5.74) is 6.91. The molecule has 0 aliphatic carbocycles. The van der Waals surface area contributed by atoms with E-state index >= 15 is 0 Å². The molecule has 0 unspecified atom stereocenters. The van der Waals surface area contributed by atoms with Crippen molar-refractivity contribution in [3.8, 4) is 0 Å². The lowest BCUT2D eigenvalue weighted by Gasteiger charge is -2.37. The molecule has 110 valence electrons. The van der Waals surface area contributed by atoms with Gasteiger partial charge in [-0.15, -0.1) is 0 Å². The smallest absolute Gasteiger partial charge is 0.251 e. The fraction of sp³-hybridized carbons (Fsp3) is 0.533. The zero-order valence-electron chi connectivity index (χ0n) is 12.1. The molecule has 0 bridgehead atoms. The second kappa shape index (κ2) is 6.02. The summed E-state index contributed by atoms with van der Waals surface area (Å²) in [4.78, 5) is 14.5. The first-order valence-corrected chi connectivity index (χ1v) is 7.29. The molecule has 0 saturated carbocycles. The molecule has 1 heterocycles. The number of likely N-dealkylation sites (tertiary alicyclic amines) is 1. The summed E-state index contributed by atoms with van der Waals surface area (Å²) in [6.45, 7) is 5.08. The Morgan fingerprint density at radius 2 is 2.05 bits per heavy atom. The number of nitrogens with zero attached hydrogens (tertiary/aromatic N) is 1. The second-order valence-electron chi connectivity index (χ2n) is 6.07. The van der Waals surface area contributed by atoms with Crippen molar-refractivity contribution in [3.05, 3.63) is 28.8 Å². The van der Waals surface area contributed by atoms with E-state index in [0.717, 1.165) is 25.9 Å². The number of benzene rings is 1. The highest BCUT2D eigenvalue weighted by molar-refractivity contribution is 6.31. The fourth-order valence-corrected chi connectivity index (χ4v) is 2.72. The Morgan fingerprint density at radius 1 is 1.40 bits per heavy atom. The first-order chi connectivity index (χ1) is 9.38. The van der Waals surface area contributed by atoms with Crippen LogP contribution in [0.5, 0.6) is 0 Å². The lowest BCUT2D eigenvalue weighted by atomic mass is 9.80. The van der Waals surface area contributed by atoms with Gasteiger partial charge in [-0.05, 0) is 56.6 Å². The molecule has 1 amide bonds. The van der Waals surface area contributed by atoms with E-state index in [4.69, 9.17) is 17.3 Å². The number of anilines is 1. The number of halogens is 1. The highest BCUT2D eigenvalue weighted by atomic mass is 35.5. The zero-order chi connectivity index (χ0) is 14.8. The lowest BCUT2D eigenvalue weighted by Crippen LogP contribution is -2.43. The summed E-state index contributed by atoms with van der Waals surface area (Å²) in [7, 11) is 2.13. The maximum Gasteiger partial charge on any atom is 0.251 e. The number of carbonyl (C=O) groups excluding carboxylic acids is 1. The van der Waals surface area contributed by atoms with Gasteiger partial charge >= 0.3 is 0 Å². The van der Waals surface area contributed by atoms with Crippen LogP contribution in [0, 0.1) is 5.41 Å². The van der Waals surface area contributed by atoms with Crippen molar-refractivity contribution in [3.63, 3.8) is 0 Å². The molecule has 3 N–H and O–H groups in total. The van der Waals surface area contributed by atoms with E-state index in [9.17, 15) is 4.79 Å². The molecule has 5 heteroatoms. The lowest BCUT2D eigenvalue weighted by molar-refractivity contribution is 0.0891. The predicted octanol–water partition coefficient (Wildman–Crippen LogP) is 2.38. The van der Waals surface area contributed by atoms with Crippen LogP contribution in [0.2, 0.25) is 5.02 Å². The van der Waals surface area contributed by atoms with E-state index in [0.29, 0.717) is 22.8 Å². The van der Waals surface area contributed by atoms with Crippen molar-refractivity contribution in [2.45, 2.75) is 19.8 Å². The summed E-state index contributed by atoms with van der Waals surface area (Å²) < 4.78 is 0. The summed E-state index contributed by atoms with van der Waals surface area (Å²) in [5.74, 6) is -0.112. The first kappa shape index (κ1) is 15.1. The minimum atomic E-state index is -0.112. The number of nitrogen functional groups attached to an aromatic ring is 1. The molecule has 1 aromatic carbocycles. The van der Waals surface area contributed by atoms with Gasteiger partial charge in [0.05, 0.1) is 0 Å². The molecule has 2 rings (SSSR count). The molecule has 1 fully saturated rings. The number of nitrogens with one attached hydrogen (secondary N) is 1. The predicted molar refractivity (Wildman–Crippen MR) is 83.0 cm³/mol. The maximum absolute atomic E-state index is 12.2. The van der Waals surface area contributed by atoms with E-state index in [2.05, 4.69) is 24.2 Å². The topological polar surface area (TPSA) is 58.4 Å². The number of rotatable bonds is 3. The maximum atomic E-state index is 12.2. The van der Waals surface area contributed by atoms with E-state index < -0.39 is 0 Å². The van der Waals surface area contributed by atoms with E-state index in [-0.39, 0.29) is 11.3 Å². The van der Waals surface area contributed by atoms with Gasteiger partial charge in [-0.2, -0.15) is 0 Å². The Labute approximate surface area is 125 Å². The molecular formula is C15H22ClN3O. The van der Waals surface area contributed by atoms with Gasteiger partial charge in [0.15, 0.2) is 0 Å². The van der Waals surface area contributed by atoms with E-state index in [1.54, 1.807) is 18.2 Å². The highest BCUT2D eigenvalue weighted by Crippen LogP contribution is 2.29. The van der Waals surface area contributed by atoms with Crippen LogP contribution in [0.1, 0.15) is 30.1 Å². The summed E-state index contributed by atoms with van der Waals surface area (Å²) in [6, 6.07) is 4.93. The third-order valence-corrected chi connectivity index (χ3v) is 4.27. The minimum Gasteiger partial charge on any atom is -0.399 e. The standard InChI is InChI=1S/C15H22ClN3O/c1-15(3-5-19(2)6-4-15)10-18-14(20)11-7-12(16)9-13(17)8-11/h7-9H,3-6,10,17H2,1-2H3,(H,18,20).